The molecule has 0 spiro atoms. The number of aromatic amines is 1. The van der Waals surface area contributed by atoms with Gasteiger partial charge in [-0.1, -0.05) is 29.3 Å². The van der Waals surface area contributed by atoms with Crippen LogP contribution in [0.15, 0.2) is 30.3 Å². The van der Waals surface area contributed by atoms with Gasteiger partial charge in [0.1, 0.15) is 5.82 Å². The summed E-state index contributed by atoms with van der Waals surface area (Å²) in [6, 6.07) is 8.48. The molecule has 1 aromatic heterocycles. The summed E-state index contributed by atoms with van der Waals surface area (Å²) in [5.74, 6) is -0.495. The quantitative estimate of drug-likeness (QED) is 0.590. The zero-order valence-corrected chi connectivity index (χ0v) is 12.7. The van der Waals surface area contributed by atoms with E-state index in [4.69, 9.17) is 35.4 Å². The Morgan fingerprint density at radius 3 is 2.60 bits per heavy atom. The zero-order chi connectivity index (χ0) is 14.4. The Labute approximate surface area is 129 Å². The van der Waals surface area contributed by atoms with Crippen LogP contribution >= 0.6 is 35.4 Å². The third-order valence-electron chi connectivity index (χ3n) is 3.07. The summed E-state index contributed by atoms with van der Waals surface area (Å²) in [5.41, 5.74) is 3.01. The maximum absolute atomic E-state index is 13.7. The minimum Gasteiger partial charge on any atom is -0.330 e. The van der Waals surface area contributed by atoms with Gasteiger partial charge in [0.2, 0.25) is 0 Å². The third kappa shape index (κ3) is 2.14. The molecule has 0 aliphatic carbocycles. The van der Waals surface area contributed by atoms with E-state index in [1.165, 1.54) is 12.1 Å². The highest BCUT2D eigenvalue weighted by Gasteiger charge is 2.12. The molecule has 0 aliphatic rings. The number of nitrogens with one attached hydrogen (secondary N) is 1. The van der Waals surface area contributed by atoms with E-state index < -0.39 is 5.82 Å². The van der Waals surface area contributed by atoms with Gasteiger partial charge in [-0.15, -0.1) is 0 Å². The number of hydrogen-bond acceptors (Lipinski definition) is 1. The Morgan fingerprint density at radius 1 is 1.15 bits per heavy atom. The Bertz CT molecular complexity index is 883. The van der Waals surface area contributed by atoms with Crippen LogP contribution in [0, 0.1) is 17.5 Å². The Kier molecular flexibility index (Phi) is 3.32. The van der Waals surface area contributed by atoms with Crippen LogP contribution in [0.2, 0.25) is 10.0 Å². The van der Waals surface area contributed by atoms with Gasteiger partial charge in [-0.25, -0.2) is 4.39 Å². The van der Waals surface area contributed by atoms with Crippen LogP contribution in [-0.2, 0) is 0 Å². The second-order valence-electron chi connectivity index (χ2n) is 4.50. The lowest BCUT2D eigenvalue weighted by Gasteiger charge is -2.08. The number of rotatable bonds is 1. The lowest BCUT2D eigenvalue weighted by molar-refractivity contribution is 0.629. The van der Waals surface area contributed by atoms with E-state index in [9.17, 15) is 4.39 Å². The van der Waals surface area contributed by atoms with E-state index in [-0.39, 0.29) is 5.02 Å². The Balaban J connectivity index is 2.39. The number of fused-ring (bicyclic) bond motifs is 1. The predicted octanol–water partition coefficient (Wildman–Crippen LogP) is 5.44. The zero-order valence-electron chi connectivity index (χ0n) is 10.4. The topological polar surface area (TPSA) is 20.7 Å². The number of nitrogens with zero attached hydrogens (tertiary/aromatic N) is 1. The number of aryl methyl sites for hydroxylation is 1. The van der Waals surface area contributed by atoms with Gasteiger partial charge in [-0.05, 0) is 42.9 Å². The van der Waals surface area contributed by atoms with E-state index >= 15 is 0 Å². The van der Waals surface area contributed by atoms with E-state index in [1.54, 1.807) is 4.57 Å². The van der Waals surface area contributed by atoms with Crippen molar-refractivity contribution in [1.29, 1.82) is 0 Å². The Hall–Kier alpha value is -1.36. The number of aromatic nitrogens is 2. The minimum atomic E-state index is -0.495. The molecule has 0 amide bonds. The summed E-state index contributed by atoms with van der Waals surface area (Å²) in [4.78, 5) is 3.00. The van der Waals surface area contributed by atoms with E-state index in [1.807, 2.05) is 25.1 Å². The molecule has 0 unspecified atom stereocenters. The normalized spacial score (nSPS) is 11.2. The molecule has 1 heterocycles. The van der Waals surface area contributed by atoms with Gasteiger partial charge in [0.25, 0.3) is 0 Å². The van der Waals surface area contributed by atoms with E-state index in [0.717, 1.165) is 5.56 Å². The van der Waals surface area contributed by atoms with Crippen molar-refractivity contribution in [2.24, 2.45) is 0 Å². The average molecular weight is 327 g/mol. The maximum atomic E-state index is 13.7. The first kappa shape index (κ1) is 13.6. The van der Waals surface area contributed by atoms with Gasteiger partial charge in [-0.3, -0.25) is 4.57 Å². The first-order chi connectivity index (χ1) is 9.47. The van der Waals surface area contributed by atoms with Crippen LogP contribution in [0.25, 0.3) is 16.7 Å². The van der Waals surface area contributed by atoms with Crippen molar-refractivity contribution in [3.63, 3.8) is 0 Å². The molecule has 0 atom stereocenters. The van der Waals surface area contributed by atoms with E-state index in [0.29, 0.717) is 26.5 Å². The predicted molar refractivity (Wildman–Crippen MR) is 83.2 cm³/mol. The largest absolute Gasteiger partial charge is 0.330 e. The Morgan fingerprint density at radius 2 is 1.90 bits per heavy atom. The average Bonchev–Trinajstić information content (AvgIpc) is 2.66. The second kappa shape index (κ2) is 4.88. The highest BCUT2D eigenvalue weighted by molar-refractivity contribution is 7.71. The van der Waals surface area contributed by atoms with Crippen molar-refractivity contribution >= 4 is 46.5 Å². The van der Waals surface area contributed by atoms with Crippen LogP contribution in [0.4, 0.5) is 4.39 Å². The van der Waals surface area contributed by atoms with Gasteiger partial charge in [0.15, 0.2) is 4.77 Å². The molecular formula is C14H9Cl2FN2S. The lowest BCUT2D eigenvalue weighted by atomic mass is 10.2. The van der Waals surface area contributed by atoms with Crippen molar-refractivity contribution in [3.05, 3.63) is 56.5 Å². The maximum Gasteiger partial charge on any atom is 0.182 e. The van der Waals surface area contributed by atoms with Crippen molar-refractivity contribution in [1.82, 2.24) is 9.55 Å². The van der Waals surface area contributed by atoms with Crippen molar-refractivity contribution < 1.29 is 4.39 Å². The van der Waals surface area contributed by atoms with E-state index in [2.05, 4.69) is 4.98 Å². The summed E-state index contributed by atoms with van der Waals surface area (Å²) in [6.45, 7) is 1.95. The third-order valence-corrected chi connectivity index (χ3v) is 3.95. The number of hydrogen-bond donors (Lipinski definition) is 1. The SMILES string of the molecule is Cc1ccc(-n2c(=S)[nH]c3cc(Cl)c(F)cc32)c(Cl)c1. The van der Waals surface area contributed by atoms with Gasteiger partial charge in [-0.2, -0.15) is 0 Å². The fourth-order valence-corrected chi connectivity index (χ4v) is 2.92. The fourth-order valence-electron chi connectivity index (χ4n) is 2.13. The molecule has 2 nitrogen and oxygen atoms in total. The molecule has 0 bridgehead atoms. The molecule has 3 aromatic rings. The summed E-state index contributed by atoms with van der Waals surface area (Å²) in [5, 5.41) is 0.605. The van der Waals surface area contributed by atoms with Gasteiger partial charge >= 0.3 is 0 Å². The van der Waals surface area contributed by atoms with Gasteiger partial charge < -0.3 is 4.98 Å². The molecule has 1 N–H and O–H groups in total. The van der Waals surface area contributed by atoms with Crippen LogP contribution in [0.3, 0.4) is 0 Å². The first-order valence-electron chi connectivity index (χ1n) is 5.83. The van der Waals surface area contributed by atoms with Crippen LogP contribution in [0.5, 0.6) is 0 Å². The molecule has 0 saturated heterocycles. The smallest absolute Gasteiger partial charge is 0.182 e. The first-order valence-corrected chi connectivity index (χ1v) is 7.00. The molecule has 20 heavy (non-hydrogen) atoms. The molecule has 102 valence electrons. The van der Waals surface area contributed by atoms with Crippen molar-refractivity contribution in [3.8, 4) is 5.69 Å². The highest BCUT2D eigenvalue weighted by Crippen LogP contribution is 2.29. The second-order valence-corrected chi connectivity index (χ2v) is 5.70. The number of H-pyrrole nitrogens is 1. The highest BCUT2D eigenvalue weighted by atomic mass is 35.5. The number of benzene rings is 2. The molecule has 0 aliphatic heterocycles. The van der Waals surface area contributed by atoms with Crippen LogP contribution in [-0.4, -0.2) is 9.55 Å². The molecule has 0 saturated carbocycles. The van der Waals surface area contributed by atoms with Crippen LogP contribution in [0.1, 0.15) is 5.56 Å². The summed E-state index contributed by atoms with van der Waals surface area (Å²) in [6.07, 6.45) is 0. The molecule has 0 fully saturated rings. The summed E-state index contributed by atoms with van der Waals surface area (Å²) >= 11 is 17.3. The molecule has 6 heteroatoms. The van der Waals surface area contributed by atoms with Gasteiger partial charge in [0.05, 0.1) is 26.8 Å². The molecule has 2 aromatic carbocycles. The number of halogens is 3. The standard InChI is InChI=1S/C14H9Cl2FN2S/c1-7-2-3-12(9(16)4-7)19-13-6-10(17)8(15)5-11(13)18-14(19)20/h2-6H,1H3,(H,18,20). The summed E-state index contributed by atoms with van der Waals surface area (Å²) < 4.78 is 15.8. The monoisotopic (exact) mass is 326 g/mol. The summed E-state index contributed by atoms with van der Waals surface area (Å²) in [7, 11) is 0. The van der Waals surface area contributed by atoms with Crippen molar-refractivity contribution in [2.75, 3.05) is 0 Å². The fraction of sp³-hybridized carbons (Fsp3) is 0.0714. The molecule has 0 radical (unpaired) electrons. The number of imidazole rings is 1. The minimum absolute atomic E-state index is 0.0518. The van der Waals surface area contributed by atoms with Crippen LogP contribution < -0.4 is 0 Å². The van der Waals surface area contributed by atoms with Gasteiger partial charge in [0, 0.05) is 6.07 Å². The van der Waals surface area contributed by atoms with Crippen molar-refractivity contribution in [2.45, 2.75) is 6.92 Å². The molecule has 3 rings (SSSR count). The molecular weight excluding hydrogens is 318 g/mol. The lowest BCUT2D eigenvalue weighted by Crippen LogP contribution is -1.96.